The molecule has 1 aromatic heterocycles. The minimum absolute atomic E-state index is 0.146. The molecule has 0 fully saturated rings. The third-order valence-electron chi connectivity index (χ3n) is 3.77. The van der Waals surface area contributed by atoms with Crippen LogP contribution in [0.1, 0.15) is 21.5 Å². The maximum Gasteiger partial charge on any atom is 0.255 e. The van der Waals surface area contributed by atoms with E-state index >= 15 is 0 Å². The number of nitrogens with zero attached hydrogens (tertiary/aromatic N) is 1. The van der Waals surface area contributed by atoms with Gasteiger partial charge in [0.1, 0.15) is 11.2 Å². The molecule has 2 aromatic carbocycles. The minimum atomic E-state index is -1.58. The Hall–Kier alpha value is -2.56. The molecule has 0 aliphatic carbocycles. The Morgan fingerprint density at radius 1 is 1.15 bits per heavy atom. The molecule has 27 heavy (non-hydrogen) atoms. The molecule has 0 saturated carbocycles. The van der Waals surface area contributed by atoms with Gasteiger partial charge in [-0.1, -0.05) is 0 Å². The second-order valence-corrected chi connectivity index (χ2v) is 7.39. The lowest BCUT2D eigenvalue weighted by molar-refractivity contribution is 0.102. The Kier molecular flexibility index (Phi) is 4.77. The van der Waals surface area contributed by atoms with Crippen LogP contribution in [-0.2, 0) is 0 Å². The number of rotatable bonds is 3. The van der Waals surface area contributed by atoms with Crippen molar-refractivity contribution < 1.29 is 18.0 Å². The summed E-state index contributed by atoms with van der Waals surface area (Å²) >= 11 is 2.86. The van der Waals surface area contributed by atoms with Crippen molar-refractivity contribution >= 4 is 40.6 Å². The SMILES string of the molecule is O=C(Nc1cc(F)c(F)c(F)c1)c1ccc2c(c1)SNC(c1nccs1)N2. The van der Waals surface area contributed by atoms with Gasteiger partial charge in [0.15, 0.2) is 17.5 Å². The molecule has 10 heteroatoms. The lowest BCUT2D eigenvalue weighted by atomic mass is 10.1. The van der Waals surface area contributed by atoms with Crippen molar-refractivity contribution in [3.05, 3.63) is 69.9 Å². The van der Waals surface area contributed by atoms with Crippen LogP contribution in [0.3, 0.4) is 0 Å². The maximum atomic E-state index is 13.3. The first-order valence-corrected chi connectivity index (χ1v) is 9.39. The summed E-state index contributed by atoms with van der Waals surface area (Å²) in [6, 6.07) is 6.42. The highest BCUT2D eigenvalue weighted by Gasteiger charge is 2.22. The predicted octanol–water partition coefficient (Wildman–Crippen LogP) is 4.53. The molecule has 3 aromatic rings. The van der Waals surface area contributed by atoms with Crippen LogP contribution in [0, 0.1) is 17.5 Å². The number of halogens is 3. The number of benzene rings is 2. The van der Waals surface area contributed by atoms with Crippen molar-refractivity contribution in [2.75, 3.05) is 10.6 Å². The Labute approximate surface area is 160 Å². The van der Waals surface area contributed by atoms with Gasteiger partial charge in [0.2, 0.25) is 0 Å². The lowest BCUT2D eigenvalue weighted by Gasteiger charge is -2.26. The zero-order chi connectivity index (χ0) is 19.0. The number of aromatic nitrogens is 1. The summed E-state index contributed by atoms with van der Waals surface area (Å²) in [7, 11) is 0. The molecule has 0 spiro atoms. The summed E-state index contributed by atoms with van der Waals surface area (Å²) in [6.07, 6.45) is 1.57. The molecule has 138 valence electrons. The Balaban J connectivity index is 1.51. The van der Waals surface area contributed by atoms with Crippen LogP contribution in [0.4, 0.5) is 24.5 Å². The minimum Gasteiger partial charge on any atom is -0.362 e. The van der Waals surface area contributed by atoms with Crippen LogP contribution >= 0.6 is 23.3 Å². The molecule has 1 unspecified atom stereocenters. The number of nitrogens with one attached hydrogen (secondary N) is 3. The van der Waals surface area contributed by atoms with Gasteiger partial charge in [0.05, 0.1) is 5.69 Å². The van der Waals surface area contributed by atoms with E-state index in [0.717, 1.165) is 27.7 Å². The average molecular weight is 408 g/mol. The van der Waals surface area contributed by atoms with E-state index < -0.39 is 23.4 Å². The number of carbonyl (C=O) groups excluding carboxylic acids is 1. The van der Waals surface area contributed by atoms with E-state index in [9.17, 15) is 18.0 Å². The second-order valence-electron chi connectivity index (χ2n) is 5.59. The van der Waals surface area contributed by atoms with Gasteiger partial charge in [-0.2, -0.15) is 0 Å². The zero-order valence-electron chi connectivity index (χ0n) is 13.4. The van der Waals surface area contributed by atoms with E-state index in [1.54, 1.807) is 24.4 Å². The molecule has 1 atom stereocenters. The molecule has 3 N–H and O–H groups in total. The van der Waals surface area contributed by atoms with Crippen molar-refractivity contribution in [2.24, 2.45) is 0 Å². The van der Waals surface area contributed by atoms with E-state index in [1.807, 2.05) is 5.38 Å². The molecule has 4 rings (SSSR count). The van der Waals surface area contributed by atoms with Crippen molar-refractivity contribution in [3.63, 3.8) is 0 Å². The van der Waals surface area contributed by atoms with E-state index in [0.29, 0.717) is 5.56 Å². The third kappa shape index (κ3) is 3.64. The highest BCUT2D eigenvalue weighted by molar-refractivity contribution is 7.97. The molecule has 1 aliphatic heterocycles. The highest BCUT2D eigenvalue weighted by atomic mass is 32.2. The van der Waals surface area contributed by atoms with Gasteiger partial charge in [-0.15, -0.1) is 11.3 Å². The number of hydrogen-bond donors (Lipinski definition) is 3. The first kappa shape index (κ1) is 17.8. The fourth-order valence-corrected chi connectivity index (χ4v) is 4.04. The van der Waals surface area contributed by atoms with Gasteiger partial charge in [0, 0.05) is 39.9 Å². The number of fused-ring (bicyclic) bond motifs is 1. The second kappa shape index (κ2) is 7.22. The van der Waals surface area contributed by atoms with Crippen molar-refractivity contribution in [1.29, 1.82) is 0 Å². The summed E-state index contributed by atoms with van der Waals surface area (Å²) in [5.41, 5.74) is 0.957. The zero-order valence-corrected chi connectivity index (χ0v) is 15.1. The first-order valence-electron chi connectivity index (χ1n) is 7.69. The van der Waals surface area contributed by atoms with Crippen molar-refractivity contribution in [3.8, 4) is 0 Å². The lowest BCUT2D eigenvalue weighted by Crippen LogP contribution is -2.26. The quantitative estimate of drug-likeness (QED) is 0.439. The molecular formula is C17H11F3N4OS2. The van der Waals surface area contributed by atoms with Crippen LogP contribution in [0.15, 0.2) is 46.8 Å². The summed E-state index contributed by atoms with van der Waals surface area (Å²) in [5, 5.41) is 8.41. The number of hydrogen-bond acceptors (Lipinski definition) is 6. The molecule has 5 nitrogen and oxygen atoms in total. The highest BCUT2D eigenvalue weighted by Crippen LogP contribution is 2.35. The molecule has 1 aliphatic rings. The molecule has 0 bridgehead atoms. The normalized spacial score (nSPS) is 15.7. The maximum absolute atomic E-state index is 13.3. The Morgan fingerprint density at radius 2 is 1.93 bits per heavy atom. The largest absolute Gasteiger partial charge is 0.362 e. The van der Waals surface area contributed by atoms with Gasteiger partial charge < -0.3 is 10.6 Å². The van der Waals surface area contributed by atoms with Crippen molar-refractivity contribution in [1.82, 2.24) is 9.71 Å². The van der Waals surface area contributed by atoms with Crippen LogP contribution in [0.5, 0.6) is 0 Å². The fraction of sp³-hybridized carbons (Fsp3) is 0.0588. The number of carbonyl (C=O) groups is 1. The molecule has 1 amide bonds. The molecule has 2 heterocycles. The van der Waals surface area contributed by atoms with Crippen LogP contribution in [-0.4, -0.2) is 10.9 Å². The van der Waals surface area contributed by atoms with Gasteiger partial charge in [-0.25, -0.2) is 22.9 Å². The first-order chi connectivity index (χ1) is 13.0. The van der Waals surface area contributed by atoms with E-state index in [4.69, 9.17) is 0 Å². The third-order valence-corrected chi connectivity index (χ3v) is 5.52. The van der Waals surface area contributed by atoms with E-state index in [2.05, 4.69) is 20.3 Å². The number of thiazole rings is 1. The van der Waals surface area contributed by atoms with E-state index in [1.165, 1.54) is 23.3 Å². The van der Waals surface area contributed by atoms with Gasteiger partial charge >= 0.3 is 0 Å². The summed E-state index contributed by atoms with van der Waals surface area (Å²) in [6.45, 7) is 0. The fourth-order valence-electron chi connectivity index (χ4n) is 2.49. The topological polar surface area (TPSA) is 66.0 Å². The number of anilines is 2. The molecule has 0 radical (unpaired) electrons. The summed E-state index contributed by atoms with van der Waals surface area (Å²) in [5.74, 6) is -4.88. The Bertz CT molecular complexity index is 990. The Morgan fingerprint density at radius 3 is 2.63 bits per heavy atom. The number of amides is 1. The summed E-state index contributed by atoms with van der Waals surface area (Å²) < 4.78 is 42.8. The van der Waals surface area contributed by atoms with Gasteiger partial charge in [0.25, 0.3) is 5.91 Å². The van der Waals surface area contributed by atoms with Crippen molar-refractivity contribution in [2.45, 2.75) is 11.1 Å². The van der Waals surface area contributed by atoms with Crippen LogP contribution in [0.2, 0.25) is 0 Å². The standard InChI is InChI=1S/C17H11F3N4OS2/c18-10-6-9(7-11(19)14(10)20)22-16(25)8-1-2-12-13(5-8)27-24-15(23-12)17-21-3-4-26-17/h1-7,15,23-24H,(H,22,25). The molecular weight excluding hydrogens is 397 g/mol. The summed E-state index contributed by atoms with van der Waals surface area (Å²) in [4.78, 5) is 17.4. The predicted molar refractivity (Wildman–Crippen MR) is 98.2 cm³/mol. The molecule has 0 saturated heterocycles. The van der Waals surface area contributed by atoms with E-state index in [-0.39, 0.29) is 11.9 Å². The average Bonchev–Trinajstić information content (AvgIpc) is 3.20. The smallest absolute Gasteiger partial charge is 0.255 e. The monoisotopic (exact) mass is 408 g/mol. The van der Waals surface area contributed by atoms with Gasteiger partial charge in [-0.05, 0) is 30.1 Å². The van der Waals surface area contributed by atoms with Gasteiger partial charge in [-0.3, -0.25) is 4.79 Å². The van der Waals surface area contributed by atoms with Crippen LogP contribution < -0.4 is 15.4 Å². The van der Waals surface area contributed by atoms with Crippen LogP contribution in [0.25, 0.3) is 0 Å².